The molecule has 0 aliphatic carbocycles. The Hall–Kier alpha value is 0.220. The minimum absolute atomic E-state index is 0.00149. The Bertz CT molecular complexity index is 277. The van der Waals surface area contributed by atoms with E-state index >= 15 is 0 Å². The average Bonchev–Trinajstić information content (AvgIpc) is 2.22. The standard InChI is InChI=1S/C8H20O8P2/c1-3-13-17(9,10)15-7-5-6-8-16-18(11,12)14-4-2/h3-8H2,1-2H3,(H,9,10)(H,11,12). The van der Waals surface area contributed by atoms with E-state index < -0.39 is 15.6 Å². The molecule has 0 amide bonds. The Morgan fingerprint density at radius 2 is 1.11 bits per heavy atom. The molecule has 0 aromatic heterocycles. The van der Waals surface area contributed by atoms with Gasteiger partial charge in [-0.1, -0.05) is 0 Å². The van der Waals surface area contributed by atoms with Gasteiger partial charge in [0.1, 0.15) is 0 Å². The number of unbranched alkanes of at least 4 members (excludes halogenated alkanes) is 1. The van der Waals surface area contributed by atoms with Crippen LogP contribution in [0.1, 0.15) is 26.7 Å². The van der Waals surface area contributed by atoms with Gasteiger partial charge in [-0.3, -0.25) is 18.1 Å². The van der Waals surface area contributed by atoms with Crippen molar-refractivity contribution in [2.24, 2.45) is 0 Å². The minimum atomic E-state index is -3.95. The molecule has 0 heterocycles. The Labute approximate surface area is 106 Å². The summed E-state index contributed by atoms with van der Waals surface area (Å²) < 4.78 is 40.3. The number of phosphoric acid groups is 2. The van der Waals surface area contributed by atoms with E-state index in [1.807, 2.05) is 0 Å². The van der Waals surface area contributed by atoms with Crippen LogP contribution in [0, 0.1) is 0 Å². The summed E-state index contributed by atoms with van der Waals surface area (Å²) in [5.74, 6) is 0. The molecule has 0 aromatic rings. The molecule has 0 aromatic carbocycles. The molecule has 8 nitrogen and oxygen atoms in total. The van der Waals surface area contributed by atoms with Crippen molar-refractivity contribution >= 4 is 15.6 Å². The van der Waals surface area contributed by atoms with Gasteiger partial charge >= 0.3 is 15.6 Å². The van der Waals surface area contributed by atoms with Crippen LogP contribution in [-0.2, 0) is 27.2 Å². The Balaban J connectivity index is 3.58. The first-order valence-electron chi connectivity index (χ1n) is 5.56. The Morgan fingerprint density at radius 1 is 0.778 bits per heavy atom. The first-order valence-corrected chi connectivity index (χ1v) is 8.56. The molecule has 0 saturated heterocycles. The van der Waals surface area contributed by atoms with Gasteiger partial charge in [0.2, 0.25) is 0 Å². The van der Waals surface area contributed by atoms with Gasteiger partial charge < -0.3 is 9.79 Å². The molecule has 0 rings (SSSR count). The van der Waals surface area contributed by atoms with Gasteiger partial charge in [0.05, 0.1) is 26.4 Å². The summed E-state index contributed by atoms with van der Waals surface area (Å²) in [6, 6.07) is 0. The van der Waals surface area contributed by atoms with Gasteiger partial charge in [0.15, 0.2) is 0 Å². The minimum Gasteiger partial charge on any atom is -0.302 e. The predicted octanol–water partition coefficient (Wildman–Crippen LogP) is 2.07. The van der Waals surface area contributed by atoms with Crippen LogP contribution in [0.4, 0.5) is 0 Å². The lowest BCUT2D eigenvalue weighted by Gasteiger charge is -2.12. The Morgan fingerprint density at radius 3 is 1.39 bits per heavy atom. The highest BCUT2D eigenvalue weighted by atomic mass is 31.2. The molecule has 0 fully saturated rings. The maximum atomic E-state index is 11.1. The fourth-order valence-electron chi connectivity index (χ4n) is 0.965. The van der Waals surface area contributed by atoms with Crippen LogP contribution in [-0.4, -0.2) is 36.2 Å². The summed E-state index contributed by atoms with van der Waals surface area (Å²) in [4.78, 5) is 18.1. The van der Waals surface area contributed by atoms with Gasteiger partial charge in [-0.25, -0.2) is 9.13 Å². The fourth-order valence-corrected chi connectivity index (χ4v) is 2.49. The summed E-state index contributed by atoms with van der Waals surface area (Å²) in [5.41, 5.74) is 0. The molecule has 0 aliphatic heterocycles. The largest absolute Gasteiger partial charge is 0.472 e. The van der Waals surface area contributed by atoms with Gasteiger partial charge in [0, 0.05) is 0 Å². The van der Waals surface area contributed by atoms with Crippen LogP contribution in [0.15, 0.2) is 0 Å². The number of hydrogen-bond acceptors (Lipinski definition) is 6. The van der Waals surface area contributed by atoms with Crippen molar-refractivity contribution in [3.05, 3.63) is 0 Å². The topological polar surface area (TPSA) is 112 Å². The van der Waals surface area contributed by atoms with E-state index in [1.54, 1.807) is 13.8 Å². The number of rotatable bonds is 11. The maximum absolute atomic E-state index is 11.1. The van der Waals surface area contributed by atoms with Crippen molar-refractivity contribution in [1.29, 1.82) is 0 Å². The summed E-state index contributed by atoms with van der Waals surface area (Å²) in [7, 11) is -7.91. The normalized spacial score (nSPS) is 18.2. The fraction of sp³-hybridized carbons (Fsp3) is 1.00. The summed E-state index contributed by atoms with van der Waals surface area (Å²) in [5, 5.41) is 0. The third-order valence-corrected chi connectivity index (χ3v) is 3.82. The Kier molecular flexibility index (Phi) is 9.29. The SMILES string of the molecule is CCOP(=O)(O)OCCCCOP(=O)(O)OCC. The smallest absolute Gasteiger partial charge is 0.302 e. The maximum Gasteiger partial charge on any atom is 0.472 e. The van der Waals surface area contributed by atoms with Crippen LogP contribution < -0.4 is 0 Å². The molecule has 2 unspecified atom stereocenters. The zero-order valence-corrected chi connectivity index (χ0v) is 12.3. The molecular weight excluding hydrogens is 286 g/mol. The monoisotopic (exact) mass is 306 g/mol. The molecule has 18 heavy (non-hydrogen) atoms. The van der Waals surface area contributed by atoms with Crippen LogP contribution in [0.25, 0.3) is 0 Å². The van der Waals surface area contributed by atoms with E-state index in [-0.39, 0.29) is 26.4 Å². The van der Waals surface area contributed by atoms with Crippen molar-refractivity contribution in [2.75, 3.05) is 26.4 Å². The third kappa shape index (κ3) is 10.2. The van der Waals surface area contributed by atoms with Gasteiger partial charge in [-0.15, -0.1) is 0 Å². The average molecular weight is 306 g/mol. The second-order valence-corrected chi connectivity index (χ2v) is 6.05. The predicted molar refractivity (Wildman–Crippen MR) is 64.0 cm³/mol. The zero-order valence-electron chi connectivity index (χ0n) is 10.5. The lowest BCUT2D eigenvalue weighted by molar-refractivity contribution is 0.137. The molecule has 110 valence electrons. The summed E-state index contributed by atoms with van der Waals surface area (Å²) in [6.45, 7) is 3.32. The highest BCUT2D eigenvalue weighted by Gasteiger charge is 2.20. The van der Waals surface area contributed by atoms with Crippen molar-refractivity contribution < 1.29 is 37.0 Å². The van der Waals surface area contributed by atoms with Crippen molar-refractivity contribution in [3.8, 4) is 0 Å². The van der Waals surface area contributed by atoms with Crippen molar-refractivity contribution in [3.63, 3.8) is 0 Å². The second kappa shape index (κ2) is 9.18. The van der Waals surface area contributed by atoms with Crippen LogP contribution in [0.2, 0.25) is 0 Å². The molecule has 0 radical (unpaired) electrons. The van der Waals surface area contributed by atoms with E-state index in [0.29, 0.717) is 12.8 Å². The van der Waals surface area contributed by atoms with E-state index in [0.717, 1.165) is 0 Å². The first-order chi connectivity index (χ1) is 8.33. The lowest BCUT2D eigenvalue weighted by Crippen LogP contribution is -2.00. The van der Waals surface area contributed by atoms with Gasteiger partial charge in [-0.2, -0.15) is 0 Å². The second-order valence-electron chi connectivity index (χ2n) is 3.15. The molecule has 2 atom stereocenters. The highest BCUT2D eigenvalue weighted by molar-refractivity contribution is 7.47. The molecule has 0 spiro atoms. The van der Waals surface area contributed by atoms with Crippen molar-refractivity contribution in [2.45, 2.75) is 26.7 Å². The lowest BCUT2D eigenvalue weighted by atomic mass is 10.3. The summed E-state index contributed by atoms with van der Waals surface area (Å²) in [6.07, 6.45) is 0.785. The van der Waals surface area contributed by atoms with Gasteiger partial charge in [0.25, 0.3) is 0 Å². The molecular formula is C8H20O8P2. The third-order valence-electron chi connectivity index (χ3n) is 1.63. The molecule has 2 N–H and O–H groups in total. The molecule has 10 heteroatoms. The summed E-state index contributed by atoms with van der Waals surface area (Å²) >= 11 is 0. The highest BCUT2D eigenvalue weighted by Crippen LogP contribution is 2.44. The van der Waals surface area contributed by atoms with E-state index in [2.05, 4.69) is 18.1 Å². The molecule has 0 aliphatic rings. The van der Waals surface area contributed by atoms with E-state index in [9.17, 15) is 9.13 Å². The van der Waals surface area contributed by atoms with E-state index in [1.165, 1.54) is 0 Å². The molecule has 0 saturated carbocycles. The zero-order chi connectivity index (χ0) is 14.1. The first kappa shape index (κ1) is 18.2. The van der Waals surface area contributed by atoms with Crippen LogP contribution in [0.3, 0.4) is 0 Å². The van der Waals surface area contributed by atoms with E-state index in [4.69, 9.17) is 9.79 Å². The van der Waals surface area contributed by atoms with Crippen LogP contribution in [0.5, 0.6) is 0 Å². The van der Waals surface area contributed by atoms with Gasteiger partial charge in [-0.05, 0) is 26.7 Å². The molecule has 0 bridgehead atoms. The quantitative estimate of drug-likeness (QED) is 0.441. The number of phosphoric ester groups is 2. The van der Waals surface area contributed by atoms with Crippen molar-refractivity contribution in [1.82, 2.24) is 0 Å². The van der Waals surface area contributed by atoms with Crippen LogP contribution >= 0.6 is 15.6 Å². The number of hydrogen-bond donors (Lipinski definition) is 2.